The van der Waals surface area contributed by atoms with E-state index in [-0.39, 0.29) is 0 Å². The van der Waals surface area contributed by atoms with Crippen molar-refractivity contribution in [3.8, 4) is 0 Å². The molecule has 1 aromatic rings. The van der Waals surface area contributed by atoms with Crippen molar-refractivity contribution in [1.82, 2.24) is 9.78 Å². The van der Waals surface area contributed by atoms with Gasteiger partial charge in [-0.15, -0.1) is 0 Å². The topological polar surface area (TPSA) is 17.8 Å². The van der Waals surface area contributed by atoms with Gasteiger partial charge in [-0.2, -0.15) is 5.10 Å². The summed E-state index contributed by atoms with van der Waals surface area (Å²) in [4.78, 5) is 0. The van der Waals surface area contributed by atoms with E-state index in [4.69, 9.17) is 0 Å². The van der Waals surface area contributed by atoms with Gasteiger partial charge in [0.1, 0.15) is 0 Å². The number of nitrogens with zero attached hydrogens (tertiary/aromatic N) is 2. The fraction of sp³-hybridized carbons (Fsp3) is 0.571. The third-order valence-electron chi connectivity index (χ3n) is 1.47. The summed E-state index contributed by atoms with van der Waals surface area (Å²) in [6, 6.07) is 0.450. The standard InChI is InChI=1S/C7H11BrN2/c1-5(2)10-6(3)7(8)4-9-10/h4-5H,1-3H3. The van der Waals surface area contributed by atoms with Crippen LogP contribution in [0.25, 0.3) is 0 Å². The summed E-state index contributed by atoms with van der Waals surface area (Å²) >= 11 is 3.40. The molecule has 0 aliphatic carbocycles. The molecular formula is C7H11BrN2. The predicted octanol–water partition coefficient (Wildman–Crippen LogP) is 2.53. The molecule has 0 spiro atoms. The number of aromatic nitrogens is 2. The fourth-order valence-corrected chi connectivity index (χ4v) is 1.20. The Hall–Kier alpha value is -0.310. The van der Waals surface area contributed by atoms with Crippen molar-refractivity contribution in [3.63, 3.8) is 0 Å². The van der Waals surface area contributed by atoms with Gasteiger partial charge in [-0.1, -0.05) is 0 Å². The van der Waals surface area contributed by atoms with Gasteiger partial charge < -0.3 is 0 Å². The highest BCUT2D eigenvalue weighted by Gasteiger charge is 2.04. The summed E-state index contributed by atoms with van der Waals surface area (Å²) in [6.45, 7) is 6.29. The Labute approximate surface area is 69.4 Å². The molecule has 0 bridgehead atoms. The molecule has 1 heterocycles. The summed E-state index contributed by atoms with van der Waals surface area (Å²) in [6.07, 6.45) is 1.83. The van der Waals surface area contributed by atoms with Crippen LogP contribution in [-0.2, 0) is 0 Å². The third-order valence-corrected chi connectivity index (χ3v) is 2.25. The number of rotatable bonds is 1. The lowest BCUT2D eigenvalue weighted by Gasteiger charge is -2.06. The molecule has 10 heavy (non-hydrogen) atoms. The predicted molar refractivity (Wildman–Crippen MR) is 45.0 cm³/mol. The SMILES string of the molecule is Cc1c(Br)cnn1C(C)C. The van der Waals surface area contributed by atoms with Gasteiger partial charge in [0.25, 0.3) is 0 Å². The summed E-state index contributed by atoms with van der Waals surface area (Å²) in [7, 11) is 0. The van der Waals surface area contributed by atoms with Crippen LogP contribution in [0.4, 0.5) is 0 Å². The maximum Gasteiger partial charge on any atom is 0.0635 e. The second-order valence-corrected chi connectivity index (χ2v) is 3.47. The summed E-state index contributed by atoms with van der Waals surface area (Å²) in [5.74, 6) is 0. The van der Waals surface area contributed by atoms with E-state index in [1.165, 1.54) is 5.69 Å². The Morgan fingerprint density at radius 3 is 2.40 bits per heavy atom. The average molecular weight is 203 g/mol. The fourth-order valence-electron chi connectivity index (χ4n) is 0.923. The van der Waals surface area contributed by atoms with E-state index in [0.717, 1.165) is 4.47 Å². The van der Waals surface area contributed by atoms with Gasteiger partial charge >= 0.3 is 0 Å². The van der Waals surface area contributed by atoms with E-state index in [1.807, 2.05) is 10.9 Å². The summed E-state index contributed by atoms with van der Waals surface area (Å²) < 4.78 is 3.07. The number of hydrogen-bond donors (Lipinski definition) is 0. The van der Waals surface area contributed by atoms with E-state index < -0.39 is 0 Å². The molecule has 0 N–H and O–H groups in total. The first-order chi connectivity index (χ1) is 4.63. The van der Waals surface area contributed by atoms with E-state index in [2.05, 4.69) is 41.8 Å². The second kappa shape index (κ2) is 2.74. The van der Waals surface area contributed by atoms with Crippen LogP contribution in [-0.4, -0.2) is 9.78 Å². The molecule has 0 fully saturated rings. The maximum atomic E-state index is 4.18. The zero-order chi connectivity index (χ0) is 7.72. The molecule has 0 aliphatic rings. The van der Waals surface area contributed by atoms with Gasteiger partial charge in [-0.25, -0.2) is 0 Å². The highest BCUT2D eigenvalue weighted by molar-refractivity contribution is 9.10. The largest absolute Gasteiger partial charge is 0.266 e. The summed E-state index contributed by atoms with van der Waals surface area (Å²) in [5, 5.41) is 4.18. The third kappa shape index (κ3) is 1.24. The van der Waals surface area contributed by atoms with Crippen molar-refractivity contribution in [2.24, 2.45) is 0 Å². The Kier molecular flexibility index (Phi) is 2.14. The van der Waals surface area contributed by atoms with E-state index >= 15 is 0 Å². The minimum atomic E-state index is 0.450. The van der Waals surface area contributed by atoms with Crippen LogP contribution in [0.5, 0.6) is 0 Å². The Morgan fingerprint density at radius 2 is 2.20 bits per heavy atom. The molecule has 0 radical (unpaired) electrons. The van der Waals surface area contributed by atoms with Gasteiger partial charge in [-0.3, -0.25) is 4.68 Å². The Bertz CT molecular complexity index is 228. The van der Waals surface area contributed by atoms with Crippen LogP contribution in [0.1, 0.15) is 25.6 Å². The van der Waals surface area contributed by atoms with Crippen molar-refractivity contribution < 1.29 is 0 Å². The monoisotopic (exact) mass is 202 g/mol. The molecule has 0 unspecified atom stereocenters. The zero-order valence-electron chi connectivity index (χ0n) is 6.43. The van der Waals surface area contributed by atoms with Crippen molar-refractivity contribution in [2.75, 3.05) is 0 Å². The maximum absolute atomic E-state index is 4.18. The lowest BCUT2D eigenvalue weighted by Crippen LogP contribution is -2.04. The van der Waals surface area contributed by atoms with Crippen LogP contribution in [0.3, 0.4) is 0 Å². The highest BCUT2D eigenvalue weighted by atomic mass is 79.9. The lowest BCUT2D eigenvalue weighted by atomic mass is 10.4. The molecule has 0 amide bonds. The zero-order valence-corrected chi connectivity index (χ0v) is 8.01. The smallest absolute Gasteiger partial charge is 0.0635 e. The molecule has 2 nitrogen and oxygen atoms in total. The quantitative estimate of drug-likeness (QED) is 0.685. The van der Waals surface area contributed by atoms with Gasteiger partial charge in [0, 0.05) is 11.7 Å². The normalized spacial score (nSPS) is 10.9. The molecule has 3 heteroatoms. The molecule has 56 valence electrons. The van der Waals surface area contributed by atoms with E-state index in [0.29, 0.717) is 6.04 Å². The lowest BCUT2D eigenvalue weighted by molar-refractivity contribution is 0.519. The van der Waals surface area contributed by atoms with E-state index in [1.54, 1.807) is 0 Å². The Morgan fingerprint density at radius 1 is 1.60 bits per heavy atom. The van der Waals surface area contributed by atoms with Crippen LogP contribution >= 0.6 is 15.9 Å². The van der Waals surface area contributed by atoms with Crippen molar-refractivity contribution >= 4 is 15.9 Å². The van der Waals surface area contributed by atoms with Crippen LogP contribution in [0.2, 0.25) is 0 Å². The van der Waals surface area contributed by atoms with Gasteiger partial charge in [0.2, 0.25) is 0 Å². The van der Waals surface area contributed by atoms with Crippen molar-refractivity contribution in [1.29, 1.82) is 0 Å². The molecule has 1 rings (SSSR count). The van der Waals surface area contributed by atoms with Gasteiger partial charge in [0.05, 0.1) is 10.7 Å². The van der Waals surface area contributed by atoms with E-state index in [9.17, 15) is 0 Å². The molecule has 0 saturated heterocycles. The average Bonchev–Trinajstić information content (AvgIpc) is 2.14. The van der Waals surface area contributed by atoms with Crippen LogP contribution < -0.4 is 0 Å². The van der Waals surface area contributed by atoms with Gasteiger partial charge in [-0.05, 0) is 36.7 Å². The molecule has 0 aliphatic heterocycles. The van der Waals surface area contributed by atoms with Gasteiger partial charge in [0.15, 0.2) is 0 Å². The van der Waals surface area contributed by atoms with Crippen molar-refractivity contribution in [3.05, 3.63) is 16.4 Å². The van der Waals surface area contributed by atoms with Crippen LogP contribution in [0.15, 0.2) is 10.7 Å². The number of hydrogen-bond acceptors (Lipinski definition) is 1. The first kappa shape index (κ1) is 7.79. The minimum Gasteiger partial charge on any atom is -0.266 e. The first-order valence-corrected chi connectivity index (χ1v) is 4.12. The molecule has 0 atom stereocenters. The first-order valence-electron chi connectivity index (χ1n) is 3.32. The van der Waals surface area contributed by atoms with Crippen molar-refractivity contribution in [2.45, 2.75) is 26.8 Å². The number of halogens is 1. The molecule has 0 aromatic carbocycles. The summed E-state index contributed by atoms with van der Waals surface area (Å²) in [5.41, 5.74) is 1.19. The molecular weight excluding hydrogens is 192 g/mol. The highest BCUT2D eigenvalue weighted by Crippen LogP contribution is 2.17. The molecule has 0 saturated carbocycles. The second-order valence-electron chi connectivity index (χ2n) is 2.62. The minimum absolute atomic E-state index is 0.450. The van der Waals surface area contributed by atoms with Crippen LogP contribution in [0, 0.1) is 6.92 Å². The Balaban J connectivity index is 3.05. The molecule has 1 aromatic heterocycles.